The van der Waals surface area contributed by atoms with Gasteiger partial charge in [0, 0.05) is 13.1 Å². The number of carbonyl (C=O) groups is 2. The highest BCUT2D eigenvalue weighted by atomic mass is 32.2. The van der Waals surface area contributed by atoms with E-state index < -0.39 is 28.5 Å². The van der Waals surface area contributed by atoms with Crippen LogP contribution < -0.4 is 14.4 Å². The van der Waals surface area contributed by atoms with Crippen LogP contribution in [0.5, 0.6) is 5.75 Å². The largest absolute Gasteiger partial charge is 0.489 e. The summed E-state index contributed by atoms with van der Waals surface area (Å²) in [6.45, 7) is 8.39. The second-order valence-electron chi connectivity index (χ2n) is 10.5. The van der Waals surface area contributed by atoms with Crippen LogP contribution in [-0.2, 0) is 32.8 Å². The summed E-state index contributed by atoms with van der Waals surface area (Å²) in [4.78, 5) is 28.6. The molecule has 3 aromatic rings. The van der Waals surface area contributed by atoms with E-state index in [1.165, 1.54) is 4.90 Å². The van der Waals surface area contributed by atoms with Crippen molar-refractivity contribution in [3.05, 3.63) is 95.6 Å². The fourth-order valence-corrected chi connectivity index (χ4v) is 5.23. The van der Waals surface area contributed by atoms with E-state index in [-0.39, 0.29) is 18.4 Å². The Balaban J connectivity index is 1.85. The summed E-state index contributed by atoms with van der Waals surface area (Å²) in [5, 5.41) is 2.94. The average Bonchev–Trinajstić information content (AvgIpc) is 2.94. The van der Waals surface area contributed by atoms with Gasteiger partial charge in [-0.3, -0.25) is 13.9 Å². The number of anilines is 1. The lowest BCUT2D eigenvalue weighted by Gasteiger charge is -2.33. The van der Waals surface area contributed by atoms with Gasteiger partial charge in [-0.1, -0.05) is 75.4 Å². The average molecular weight is 580 g/mol. The summed E-state index contributed by atoms with van der Waals surface area (Å²) in [5.41, 5.74) is 3.22. The van der Waals surface area contributed by atoms with Gasteiger partial charge in [0.05, 0.1) is 11.9 Å². The molecule has 0 saturated heterocycles. The fourth-order valence-electron chi connectivity index (χ4n) is 4.38. The van der Waals surface area contributed by atoms with E-state index in [2.05, 4.69) is 5.32 Å². The first-order valence-electron chi connectivity index (χ1n) is 13.9. The Morgan fingerprint density at radius 1 is 0.927 bits per heavy atom. The van der Waals surface area contributed by atoms with Gasteiger partial charge < -0.3 is 15.0 Å². The molecule has 0 aliphatic carbocycles. The van der Waals surface area contributed by atoms with Gasteiger partial charge in [-0.25, -0.2) is 8.42 Å². The van der Waals surface area contributed by atoms with Crippen molar-refractivity contribution in [3.63, 3.8) is 0 Å². The molecule has 220 valence electrons. The number of aryl methyl sites for hydroxylation is 1. The molecular weight excluding hydrogens is 538 g/mol. The molecular formula is C32H41N3O5S. The van der Waals surface area contributed by atoms with E-state index in [1.807, 2.05) is 82.3 Å². The van der Waals surface area contributed by atoms with E-state index in [0.717, 1.165) is 27.3 Å². The molecule has 1 N–H and O–H groups in total. The first kappa shape index (κ1) is 31.7. The zero-order valence-corrected chi connectivity index (χ0v) is 25.4. The maximum Gasteiger partial charge on any atom is 0.244 e. The summed E-state index contributed by atoms with van der Waals surface area (Å²) in [5.74, 6) is 0.104. The lowest BCUT2D eigenvalue weighted by atomic mass is 10.1. The maximum absolute atomic E-state index is 13.9. The highest BCUT2D eigenvalue weighted by molar-refractivity contribution is 7.92. The van der Waals surface area contributed by atoms with Crippen LogP contribution in [-0.4, -0.2) is 50.5 Å². The van der Waals surface area contributed by atoms with E-state index >= 15 is 0 Å². The molecule has 1 atom stereocenters. The third-order valence-corrected chi connectivity index (χ3v) is 7.87. The molecule has 0 aromatic heterocycles. The first-order chi connectivity index (χ1) is 19.5. The minimum atomic E-state index is -3.83. The first-order valence-corrected chi connectivity index (χ1v) is 15.7. The van der Waals surface area contributed by atoms with Crippen molar-refractivity contribution < 1.29 is 22.7 Å². The molecule has 3 rings (SSSR count). The minimum Gasteiger partial charge on any atom is -0.489 e. The Hall–Kier alpha value is -3.85. The van der Waals surface area contributed by atoms with Crippen LogP contribution in [0.25, 0.3) is 0 Å². The highest BCUT2D eigenvalue weighted by Gasteiger charge is 2.32. The van der Waals surface area contributed by atoms with Crippen molar-refractivity contribution in [3.8, 4) is 5.75 Å². The van der Waals surface area contributed by atoms with Gasteiger partial charge >= 0.3 is 0 Å². The Morgan fingerprint density at radius 2 is 1.56 bits per heavy atom. The smallest absolute Gasteiger partial charge is 0.244 e. The molecule has 0 aliphatic rings. The number of nitrogens with zero attached hydrogens (tertiary/aromatic N) is 2. The fraction of sp³-hybridized carbons (Fsp3) is 0.375. The summed E-state index contributed by atoms with van der Waals surface area (Å²) >= 11 is 0. The van der Waals surface area contributed by atoms with Crippen LogP contribution in [0.15, 0.2) is 78.9 Å². The zero-order valence-electron chi connectivity index (χ0n) is 24.5. The standard InChI is InChI=1S/C32H41N3O5S/c1-6-30(32(37)33-20-24(2)3)34(21-27-15-11-10-12-25(27)4)31(36)22-35(41(5,38)39)28-16-18-29(19-17-28)40-23-26-13-8-7-9-14-26/h7-19,24,30H,6,20-23H2,1-5H3,(H,33,37)/t30-/m1/s1. The molecule has 9 heteroatoms. The molecule has 0 spiro atoms. The molecule has 2 amide bonds. The number of rotatable bonds is 14. The Bertz CT molecular complexity index is 1390. The number of nitrogens with one attached hydrogen (secondary N) is 1. The van der Waals surface area contributed by atoms with Crippen molar-refractivity contribution in [2.45, 2.75) is 53.3 Å². The van der Waals surface area contributed by atoms with E-state index in [0.29, 0.717) is 31.0 Å². The second-order valence-corrected chi connectivity index (χ2v) is 12.5. The van der Waals surface area contributed by atoms with Crippen LogP contribution in [0.4, 0.5) is 5.69 Å². The minimum absolute atomic E-state index is 0.184. The Labute approximate surface area is 244 Å². The number of hydrogen-bond acceptors (Lipinski definition) is 5. The number of hydrogen-bond donors (Lipinski definition) is 1. The SMILES string of the molecule is CC[C@H](C(=O)NCC(C)C)N(Cc1ccccc1C)C(=O)CN(c1ccc(OCc2ccccc2)cc1)S(C)(=O)=O. The van der Waals surface area contributed by atoms with Gasteiger partial charge in [0.1, 0.15) is 24.9 Å². The summed E-state index contributed by atoms with van der Waals surface area (Å²) < 4.78 is 32.7. The monoisotopic (exact) mass is 579 g/mol. The van der Waals surface area contributed by atoms with Crippen LogP contribution >= 0.6 is 0 Å². The van der Waals surface area contributed by atoms with Crippen LogP contribution in [0.1, 0.15) is 43.9 Å². The van der Waals surface area contributed by atoms with Crippen molar-refractivity contribution in [2.75, 3.05) is 23.7 Å². The van der Waals surface area contributed by atoms with Crippen molar-refractivity contribution in [1.82, 2.24) is 10.2 Å². The van der Waals surface area contributed by atoms with Crippen molar-refractivity contribution >= 4 is 27.5 Å². The summed E-state index contributed by atoms with van der Waals surface area (Å²) in [6, 6.07) is 23.2. The normalized spacial score (nSPS) is 12.0. The number of amides is 2. The van der Waals surface area contributed by atoms with Crippen LogP contribution in [0.2, 0.25) is 0 Å². The van der Waals surface area contributed by atoms with Crippen molar-refractivity contribution in [1.29, 1.82) is 0 Å². The molecule has 0 unspecified atom stereocenters. The van der Waals surface area contributed by atoms with Crippen molar-refractivity contribution in [2.24, 2.45) is 5.92 Å². The van der Waals surface area contributed by atoms with Gasteiger partial charge in [-0.15, -0.1) is 0 Å². The molecule has 0 aliphatic heterocycles. The molecule has 0 heterocycles. The predicted molar refractivity (Wildman–Crippen MR) is 163 cm³/mol. The maximum atomic E-state index is 13.9. The van der Waals surface area contributed by atoms with E-state index in [4.69, 9.17) is 4.74 Å². The molecule has 41 heavy (non-hydrogen) atoms. The zero-order chi connectivity index (χ0) is 30.0. The van der Waals surface area contributed by atoms with E-state index in [9.17, 15) is 18.0 Å². The number of ether oxygens (including phenoxy) is 1. The number of carbonyl (C=O) groups excluding carboxylic acids is 2. The van der Waals surface area contributed by atoms with Gasteiger partial charge in [0.25, 0.3) is 0 Å². The Morgan fingerprint density at radius 3 is 2.15 bits per heavy atom. The molecule has 0 saturated carbocycles. The molecule has 3 aromatic carbocycles. The molecule has 0 fully saturated rings. The topological polar surface area (TPSA) is 96.0 Å². The quantitative estimate of drug-likeness (QED) is 0.293. The molecule has 0 bridgehead atoms. The second kappa shape index (κ2) is 14.7. The summed E-state index contributed by atoms with van der Waals surface area (Å²) in [7, 11) is -3.83. The van der Waals surface area contributed by atoms with Gasteiger partial charge in [-0.05, 0) is 60.2 Å². The Kier molecular flexibility index (Phi) is 11.3. The van der Waals surface area contributed by atoms with Gasteiger partial charge in [0.2, 0.25) is 21.8 Å². The third-order valence-electron chi connectivity index (χ3n) is 6.72. The van der Waals surface area contributed by atoms with Gasteiger partial charge in [-0.2, -0.15) is 0 Å². The van der Waals surface area contributed by atoms with Crippen LogP contribution in [0, 0.1) is 12.8 Å². The lowest BCUT2D eigenvalue weighted by molar-refractivity contribution is -0.140. The lowest BCUT2D eigenvalue weighted by Crippen LogP contribution is -2.52. The summed E-state index contributed by atoms with van der Waals surface area (Å²) in [6.07, 6.45) is 1.45. The number of benzene rings is 3. The highest BCUT2D eigenvalue weighted by Crippen LogP contribution is 2.24. The third kappa shape index (κ3) is 9.35. The van der Waals surface area contributed by atoms with Crippen LogP contribution in [0.3, 0.4) is 0 Å². The predicted octanol–water partition coefficient (Wildman–Crippen LogP) is 4.92. The van der Waals surface area contributed by atoms with E-state index in [1.54, 1.807) is 24.3 Å². The molecule has 0 radical (unpaired) electrons. The number of sulfonamides is 1. The van der Waals surface area contributed by atoms with Gasteiger partial charge in [0.15, 0.2) is 0 Å². The molecule has 8 nitrogen and oxygen atoms in total.